The summed E-state index contributed by atoms with van der Waals surface area (Å²) < 4.78 is 4.50. The molecule has 5 nitrogen and oxygen atoms in total. The molecule has 0 aromatic carbocycles. The Balaban J connectivity index is 4.50. The van der Waals surface area contributed by atoms with E-state index in [1.807, 2.05) is 34.6 Å². The Morgan fingerprint density at radius 2 is 1.47 bits per heavy atom. The van der Waals surface area contributed by atoms with E-state index in [2.05, 4.69) is 15.4 Å². The SMILES string of the molecule is COC(=O)N[C@@H](C(=O)N[C@@H](C)C(C)C)C(C)C. The van der Waals surface area contributed by atoms with E-state index >= 15 is 0 Å². The van der Waals surface area contributed by atoms with Crippen LogP contribution in [0.1, 0.15) is 34.6 Å². The minimum absolute atomic E-state index is 0.00784. The van der Waals surface area contributed by atoms with Crippen molar-refractivity contribution in [3.05, 3.63) is 0 Å². The first kappa shape index (κ1) is 15.7. The van der Waals surface area contributed by atoms with E-state index in [-0.39, 0.29) is 17.9 Å². The first-order valence-corrected chi connectivity index (χ1v) is 5.94. The summed E-state index contributed by atoms with van der Waals surface area (Å²) in [5.41, 5.74) is 0. The predicted octanol–water partition coefficient (Wildman–Crippen LogP) is 1.53. The van der Waals surface area contributed by atoms with Crippen LogP contribution in [0, 0.1) is 11.8 Å². The summed E-state index contributed by atoms with van der Waals surface area (Å²) in [6, 6.07) is -0.494. The standard InChI is InChI=1S/C12H24N2O3/c1-7(2)9(5)13-11(15)10(8(3)4)14-12(16)17-6/h7-10H,1-6H3,(H,13,15)(H,14,16)/t9-,10+/m0/s1. The monoisotopic (exact) mass is 244 g/mol. The molecule has 2 atom stereocenters. The topological polar surface area (TPSA) is 67.4 Å². The van der Waals surface area contributed by atoms with E-state index in [1.54, 1.807) is 0 Å². The van der Waals surface area contributed by atoms with Crippen LogP contribution in [-0.2, 0) is 9.53 Å². The van der Waals surface area contributed by atoms with Crippen molar-refractivity contribution in [2.75, 3.05) is 7.11 Å². The minimum atomic E-state index is -0.587. The van der Waals surface area contributed by atoms with Crippen LogP contribution >= 0.6 is 0 Å². The van der Waals surface area contributed by atoms with Gasteiger partial charge < -0.3 is 15.4 Å². The van der Waals surface area contributed by atoms with E-state index in [1.165, 1.54) is 7.11 Å². The van der Waals surface area contributed by atoms with Gasteiger partial charge in [-0.2, -0.15) is 0 Å². The Kier molecular flexibility index (Phi) is 6.61. The van der Waals surface area contributed by atoms with Gasteiger partial charge in [0.1, 0.15) is 6.04 Å². The van der Waals surface area contributed by atoms with Crippen molar-refractivity contribution >= 4 is 12.0 Å². The molecule has 0 aromatic heterocycles. The van der Waals surface area contributed by atoms with Crippen LogP contribution in [0.5, 0.6) is 0 Å². The van der Waals surface area contributed by atoms with Crippen LogP contribution < -0.4 is 10.6 Å². The fourth-order valence-electron chi connectivity index (χ4n) is 1.20. The second-order valence-electron chi connectivity index (χ2n) is 4.90. The summed E-state index contributed by atoms with van der Waals surface area (Å²) in [5.74, 6) is 0.185. The zero-order valence-electron chi connectivity index (χ0n) is 11.5. The Bertz CT molecular complexity index is 264. The van der Waals surface area contributed by atoms with Gasteiger partial charge in [0.15, 0.2) is 0 Å². The van der Waals surface area contributed by atoms with Gasteiger partial charge in [-0.05, 0) is 18.8 Å². The molecule has 0 saturated carbocycles. The van der Waals surface area contributed by atoms with E-state index in [0.29, 0.717) is 5.92 Å². The number of hydrogen-bond acceptors (Lipinski definition) is 3. The molecule has 0 heterocycles. The highest BCUT2D eigenvalue weighted by Gasteiger charge is 2.25. The highest BCUT2D eigenvalue weighted by atomic mass is 16.5. The number of alkyl carbamates (subject to hydrolysis) is 1. The van der Waals surface area contributed by atoms with Crippen LogP contribution in [0.25, 0.3) is 0 Å². The lowest BCUT2D eigenvalue weighted by Crippen LogP contribution is -2.52. The molecule has 0 spiro atoms. The molecule has 17 heavy (non-hydrogen) atoms. The molecule has 2 N–H and O–H groups in total. The van der Waals surface area contributed by atoms with Gasteiger partial charge in [0.05, 0.1) is 7.11 Å². The highest BCUT2D eigenvalue weighted by molar-refractivity contribution is 5.86. The number of hydrogen-bond donors (Lipinski definition) is 2. The highest BCUT2D eigenvalue weighted by Crippen LogP contribution is 2.05. The first-order valence-electron chi connectivity index (χ1n) is 5.94. The van der Waals surface area contributed by atoms with Crippen LogP contribution in [0.3, 0.4) is 0 Å². The molecule has 0 rings (SSSR count). The number of carbonyl (C=O) groups excluding carboxylic acids is 2. The largest absolute Gasteiger partial charge is 0.453 e. The summed E-state index contributed by atoms with van der Waals surface area (Å²) in [6.07, 6.45) is -0.587. The lowest BCUT2D eigenvalue weighted by Gasteiger charge is -2.24. The van der Waals surface area contributed by atoms with Gasteiger partial charge in [-0.1, -0.05) is 27.7 Å². The summed E-state index contributed by atoms with van der Waals surface area (Å²) >= 11 is 0. The van der Waals surface area contributed by atoms with Crippen molar-refractivity contribution < 1.29 is 14.3 Å². The number of rotatable bonds is 5. The molecule has 0 saturated heterocycles. The quantitative estimate of drug-likeness (QED) is 0.770. The van der Waals surface area contributed by atoms with Crippen molar-refractivity contribution in [1.29, 1.82) is 0 Å². The number of amides is 2. The maximum atomic E-state index is 12.0. The molecule has 0 aliphatic rings. The summed E-state index contributed by atoms with van der Waals surface area (Å²) in [7, 11) is 1.28. The molecule has 5 heteroatoms. The molecule has 0 aliphatic carbocycles. The zero-order chi connectivity index (χ0) is 13.6. The Hall–Kier alpha value is -1.26. The smallest absolute Gasteiger partial charge is 0.407 e. The number of nitrogens with one attached hydrogen (secondary N) is 2. The molecule has 0 unspecified atom stereocenters. The minimum Gasteiger partial charge on any atom is -0.453 e. The zero-order valence-corrected chi connectivity index (χ0v) is 11.5. The van der Waals surface area contributed by atoms with Gasteiger partial charge >= 0.3 is 6.09 Å². The van der Waals surface area contributed by atoms with Crippen LogP contribution in [0.15, 0.2) is 0 Å². The number of carbonyl (C=O) groups is 2. The molecule has 0 radical (unpaired) electrons. The number of methoxy groups -OCH3 is 1. The molecule has 0 bridgehead atoms. The summed E-state index contributed by atoms with van der Waals surface area (Å²) in [4.78, 5) is 23.1. The third-order valence-corrected chi connectivity index (χ3v) is 2.78. The molecule has 0 aromatic rings. The maximum Gasteiger partial charge on any atom is 0.407 e. The summed E-state index contributed by atoms with van der Waals surface area (Å²) in [6.45, 7) is 9.75. The van der Waals surface area contributed by atoms with E-state index in [9.17, 15) is 9.59 Å². The number of ether oxygens (including phenoxy) is 1. The first-order chi connectivity index (χ1) is 7.79. The van der Waals surface area contributed by atoms with Gasteiger partial charge in [0.25, 0.3) is 0 Å². The second kappa shape index (κ2) is 7.14. The normalized spacial score (nSPS) is 14.4. The lowest BCUT2D eigenvalue weighted by molar-refractivity contribution is -0.124. The van der Waals surface area contributed by atoms with Crippen LogP contribution in [-0.4, -0.2) is 31.2 Å². The fraction of sp³-hybridized carbons (Fsp3) is 0.833. The van der Waals surface area contributed by atoms with Crippen molar-refractivity contribution in [1.82, 2.24) is 10.6 Å². The Morgan fingerprint density at radius 1 is 0.941 bits per heavy atom. The van der Waals surface area contributed by atoms with Crippen molar-refractivity contribution in [3.63, 3.8) is 0 Å². The molecular formula is C12H24N2O3. The van der Waals surface area contributed by atoms with Crippen molar-refractivity contribution in [2.24, 2.45) is 11.8 Å². The van der Waals surface area contributed by atoms with Crippen molar-refractivity contribution in [2.45, 2.75) is 46.7 Å². The van der Waals surface area contributed by atoms with E-state index in [4.69, 9.17) is 0 Å². The second-order valence-corrected chi connectivity index (χ2v) is 4.90. The van der Waals surface area contributed by atoms with E-state index < -0.39 is 12.1 Å². The predicted molar refractivity (Wildman–Crippen MR) is 66.6 cm³/mol. The van der Waals surface area contributed by atoms with Gasteiger partial charge in [0.2, 0.25) is 5.91 Å². The van der Waals surface area contributed by atoms with E-state index in [0.717, 1.165) is 0 Å². The Labute approximate surface area is 103 Å². The third-order valence-electron chi connectivity index (χ3n) is 2.78. The Morgan fingerprint density at radius 3 is 1.82 bits per heavy atom. The molecule has 100 valence electrons. The lowest BCUT2D eigenvalue weighted by atomic mass is 10.0. The van der Waals surface area contributed by atoms with Gasteiger partial charge in [-0.3, -0.25) is 4.79 Å². The maximum absolute atomic E-state index is 12.0. The molecule has 2 amide bonds. The average molecular weight is 244 g/mol. The van der Waals surface area contributed by atoms with Crippen LogP contribution in [0.2, 0.25) is 0 Å². The van der Waals surface area contributed by atoms with Gasteiger partial charge in [0, 0.05) is 6.04 Å². The van der Waals surface area contributed by atoms with Crippen LogP contribution in [0.4, 0.5) is 4.79 Å². The molecule has 0 fully saturated rings. The molecular weight excluding hydrogens is 220 g/mol. The fourth-order valence-corrected chi connectivity index (χ4v) is 1.20. The molecule has 0 aliphatic heterocycles. The average Bonchev–Trinajstić information content (AvgIpc) is 2.24. The third kappa shape index (κ3) is 5.56. The van der Waals surface area contributed by atoms with Gasteiger partial charge in [-0.15, -0.1) is 0 Å². The van der Waals surface area contributed by atoms with Gasteiger partial charge in [-0.25, -0.2) is 4.79 Å². The van der Waals surface area contributed by atoms with Crippen molar-refractivity contribution in [3.8, 4) is 0 Å². The summed E-state index contributed by atoms with van der Waals surface area (Å²) in [5, 5.41) is 5.42.